The molecule has 1 saturated heterocycles. The van der Waals surface area contributed by atoms with Gasteiger partial charge in [0.2, 0.25) is 5.88 Å². The van der Waals surface area contributed by atoms with Gasteiger partial charge in [-0.2, -0.15) is 10.1 Å². The van der Waals surface area contributed by atoms with Crippen molar-refractivity contribution >= 4 is 32.8 Å². The van der Waals surface area contributed by atoms with Crippen LogP contribution >= 0.6 is 0 Å². The van der Waals surface area contributed by atoms with E-state index in [0.717, 1.165) is 12.1 Å². The Morgan fingerprint density at radius 2 is 1.84 bits per heavy atom. The minimum atomic E-state index is -4.37. The average Bonchev–Trinajstić information content (AvgIpc) is 3.26. The van der Waals surface area contributed by atoms with E-state index in [4.69, 9.17) is 4.74 Å². The largest absolute Gasteiger partial charge is 0.474 e. The fraction of sp³-hybridized carbons (Fsp3) is 0.250. The normalized spacial score (nSPS) is 14.6. The number of halogens is 2. The van der Waals surface area contributed by atoms with Gasteiger partial charge >= 0.3 is 6.09 Å². The van der Waals surface area contributed by atoms with Crippen molar-refractivity contribution in [2.75, 3.05) is 17.8 Å². The molecule has 14 heteroatoms. The molecular weight excluding hydrogens is 522 g/mol. The third-order valence-electron chi connectivity index (χ3n) is 6.13. The molecule has 0 unspecified atom stereocenters. The number of ether oxygens (including phenoxy) is 1. The summed E-state index contributed by atoms with van der Waals surface area (Å²) in [5.41, 5.74) is 1.73. The van der Waals surface area contributed by atoms with Gasteiger partial charge in [-0.15, -0.1) is 0 Å². The molecule has 0 radical (unpaired) electrons. The van der Waals surface area contributed by atoms with Crippen molar-refractivity contribution in [3.63, 3.8) is 0 Å². The van der Waals surface area contributed by atoms with Crippen LogP contribution in [-0.2, 0) is 10.0 Å². The quantitative estimate of drug-likeness (QED) is 0.330. The zero-order valence-electron chi connectivity index (χ0n) is 20.0. The van der Waals surface area contributed by atoms with Crippen LogP contribution in [0, 0.1) is 18.6 Å². The molecule has 1 aliphatic rings. The number of aryl methyl sites for hydroxylation is 1. The number of fused-ring (bicyclic) bond motifs is 1. The number of aromatic nitrogens is 4. The van der Waals surface area contributed by atoms with Gasteiger partial charge in [0.1, 0.15) is 28.0 Å². The number of piperidine rings is 1. The second kappa shape index (κ2) is 9.85. The van der Waals surface area contributed by atoms with E-state index >= 15 is 0 Å². The first-order valence-corrected chi connectivity index (χ1v) is 13.0. The highest BCUT2D eigenvalue weighted by Gasteiger charge is 2.26. The number of likely N-dealkylation sites (tertiary alicyclic amines) is 1. The third kappa shape index (κ3) is 5.07. The lowest BCUT2D eigenvalue weighted by Gasteiger charge is -2.30. The van der Waals surface area contributed by atoms with Crippen LogP contribution in [0.15, 0.2) is 47.4 Å². The monoisotopic (exact) mass is 544 g/mol. The molecule has 0 atom stereocenters. The van der Waals surface area contributed by atoms with E-state index in [0.29, 0.717) is 60.2 Å². The number of benzene rings is 2. The van der Waals surface area contributed by atoms with Crippen LogP contribution in [0.1, 0.15) is 18.5 Å². The molecule has 198 valence electrons. The lowest BCUT2D eigenvalue weighted by Crippen LogP contribution is -2.41. The Labute approximate surface area is 215 Å². The molecule has 4 aromatic rings. The lowest BCUT2D eigenvalue weighted by molar-refractivity contribution is 0.0880. The Morgan fingerprint density at radius 3 is 2.53 bits per heavy atom. The molecule has 1 aliphatic heterocycles. The molecule has 1 amide bonds. The maximum absolute atomic E-state index is 14.0. The van der Waals surface area contributed by atoms with Gasteiger partial charge < -0.3 is 14.7 Å². The Balaban J connectivity index is 1.39. The van der Waals surface area contributed by atoms with E-state index in [2.05, 4.69) is 24.9 Å². The number of aromatic amines is 1. The molecular formula is C24H22F2N6O5S. The maximum atomic E-state index is 14.0. The van der Waals surface area contributed by atoms with Gasteiger partial charge in [0.15, 0.2) is 11.5 Å². The molecule has 3 N–H and O–H groups in total. The van der Waals surface area contributed by atoms with Crippen molar-refractivity contribution in [1.29, 1.82) is 0 Å². The van der Waals surface area contributed by atoms with Crippen molar-refractivity contribution in [1.82, 2.24) is 25.1 Å². The first-order valence-electron chi connectivity index (χ1n) is 11.6. The zero-order valence-corrected chi connectivity index (χ0v) is 20.8. The van der Waals surface area contributed by atoms with Crippen LogP contribution in [0.25, 0.3) is 22.4 Å². The minimum absolute atomic E-state index is 0.121. The van der Waals surface area contributed by atoms with Crippen LogP contribution in [0.5, 0.6) is 5.88 Å². The molecule has 1 fully saturated rings. The predicted molar refractivity (Wildman–Crippen MR) is 132 cm³/mol. The number of hydrogen-bond donors (Lipinski definition) is 3. The van der Waals surface area contributed by atoms with Gasteiger partial charge in [-0.25, -0.2) is 27.0 Å². The Bertz CT molecular complexity index is 1620. The number of anilines is 1. The number of sulfonamides is 1. The second-order valence-corrected chi connectivity index (χ2v) is 10.4. The standard InChI is InChI=1S/C24H22F2N6O5S/c1-13-20-22(30-29-13)27-21(28-23(20)37-17-8-10-32(11-9-17)24(33)34)14-2-5-16(6-3-14)31-38(35,36)19-12-15(25)4-7-18(19)26/h2-7,12,17,31H,8-11H2,1H3,(H,33,34)(H,27,28,29,30). The van der Waals surface area contributed by atoms with Crippen LogP contribution in [0.4, 0.5) is 19.3 Å². The van der Waals surface area contributed by atoms with E-state index in [1.54, 1.807) is 19.1 Å². The number of nitrogens with one attached hydrogen (secondary N) is 2. The molecule has 0 saturated carbocycles. The summed E-state index contributed by atoms with van der Waals surface area (Å²) in [6.07, 6.45) is -0.200. The fourth-order valence-corrected chi connectivity index (χ4v) is 5.30. The number of carboxylic acid groups (broad SMARTS) is 1. The van der Waals surface area contributed by atoms with E-state index in [9.17, 15) is 27.1 Å². The summed E-state index contributed by atoms with van der Waals surface area (Å²) < 4.78 is 61.0. The van der Waals surface area contributed by atoms with Gasteiger partial charge in [0.25, 0.3) is 10.0 Å². The molecule has 38 heavy (non-hydrogen) atoms. The predicted octanol–water partition coefficient (Wildman–Crippen LogP) is 3.93. The average molecular weight is 545 g/mol. The Hall–Kier alpha value is -4.33. The summed E-state index contributed by atoms with van der Waals surface area (Å²) in [7, 11) is -4.37. The smallest absolute Gasteiger partial charge is 0.407 e. The maximum Gasteiger partial charge on any atom is 0.407 e. The lowest BCUT2D eigenvalue weighted by atomic mass is 10.1. The van der Waals surface area contributed by atoms with Crippen molar-refractivity contribution in [3.05, 3.63) is 59.8 Å². The number of carbonyl (C=O) groups is 1. The highest BCUT2D eigenvalue weighted by molar-refractivity contribution is 7.92. The minimum Gasteiger partial charge on any atom is -0.474 e. The zero-order chi connectivity index (χ0) is 27.0. The topological polar surface area (TPSA) is 150 Å². The molecule has 2 aromatic carbocycles. The number of rotatable bonds is 6. The second-order valence-electron chi connectivity index (χ2n) is 8.74. The van der Waals surface area contributed by atoms with E-state index in [1.807, 2.05) is 0 Å². The number of hydrogen-bond acceptors (Lipinski definition) is 7. The summed E-state index contributed by atoms with van der Waals surface area (Å²) >= 11 is 0. The van der Waals surface area contributed by atoms with Gasteiger partial charge in [0, 0.05) is 42.9 Å². The van der Waals surface area contributed by atoms with Crippen LogP contribution in [0.2, 0.25) is 0 Å². The first kappa shape index (κ1) is 25.3. The molecule has 0 aliphatic carbocycles. The van der Waals surface area contributed by atoms with E-state index in [1.165, 1.54) is 17.0 Å². The Kier molecular flexibility index (Phi) is 6.57. The first-order chi connectivity index (χ1) is 18.1. The number of H-pyrrole nitrogens is 1. The summed E-state index contributed by atoms with van der Waals surface area (Å²) in [6.45, 7) is 2.51. The van der Waals surface area contributed by atoms with Crippen LogP contribution < -0.4 is 9.46 Å². The molecule has 0 spiro atoms. The summed E-state index contributed by atoms with van der Waals surface area (Å²) in [5, 5.41) is 16.8. The van der Waals surface area contributed by atoms with Gasteiger partial charge in [-0.05, 0) is 49.4 Å². The van der Waals surface area contributed by atoms with E-state index in [-0.39, 0.29) is 17.6 Å². The third-order valence-corrected chi connectivity index (χ3v) is 7.53. The summed E-state index contributed by atoms with van der Waals surface area (Å²) in [4.78, 5) is 20.8. The van der Waals surface area contributed by atoms with Crippen molar-refractivity contribution < 1.29 is 31.8 Å². The molecule has 5 rings (SSSR count). The van der Waals surface area contributed by atoms with Crippen LogP contribution in [-0.4, -0.2) is 63.9 Å². The summed E-state index contributed by atoms with van der Waals surface area (Å²) in [6, 6.07) is 8.19. The SMILES string of the molecule is Cc1[nH]nc2nc(-c3ccc(NS(=O)(=O)c4cc(F)ccc4F)cc3)nc(OC3CCN(C(=O)O)CC3)c12. The molecule has 11 nitrogen and oxygen atoms in total. The number of amides is 1. The van der Waals surface area contributed by atoms with Crippen LogP contribution in [0.3, 0.4) is 0 Å². The van der Waals surface area contributed by atoms with E-state index < -0.39 is 32.6 Å². The fourth-order valence-electron chi connectivity index (χ4n) is 4.15. The van der Waals surface area contributed by atoms with Gasteiger partial charge in [-0.3, -0.25) is 9.82 Å². The van der Waals surface area contributed by atoms with Crippen molar-refractivity contribution in [2.45, 2.75) is 30.8 Å². The van der Waals surface area contributed by atoms with Crippen molar-refractivity contribution in [3.8, 4) is 17.3 Å². The summed E-state index contributed by atoms with van der Waals surface area (Å²) in [5.74, 6) is -1.38. The Morgan fingerprint density at radius 1 is 1.13 bits per heavy atom. The molecule has 3 heterocycles. The van der Waals surface area contributed by atoms with Gasteiger partial charge in [0.05, 0.1) is 0 Å². The number of nitrogens with zero attached hydrogens (tertiary/aromatic N) is 4. The van der Waals surface area contributed by atoms with Gasteiger partial charge in [-0.1, -0.05) is 0 Å². The highest BCUT2D eigenvalue weighted by atomic mass is 32.2. The molecule has 2 aromatic heterocycles. The highest BCUT2D eigenvalue weighted by Crippen LogP contribution is 2.30. The molecule has 0 bridgehead atoms. The van der Waals surface area contributed by atoms with Crippen molar-refractivity contribution in [2.24, 2.45) is 0 Å².